The highest BCUT2D eigenvalue weighted by Gasteiger charge is 2.16. The predicted molar refractivity (Wildman–Crippen MR) is 76.9 cm³/mol. The largest absolute Gasteiger partial charge is 0.398 e. The van der Waals surface area contributed by atoms with Crippen LogP contribution in [0.3, 0.4) is 0 Å². The monoisotopic (exact) mass is 257 g/mol. The molecule has 0 radical (unpaired) electrons. The van der Waals surface area contributed by atoms with Crippen LogP contribution >= 0.6 is 11.8 Å². The first-order valence-electron chi connectivity index (χ1n) is 5.79. The van der Waals surface area contributed by atoms with Gasteiger partial charge in [-0.15, -0.1) is 11.8 Å². The molecule has 92 valence electrons. The Bertz CT molecular complexity index is 539. The van der Waals surface area contributed by atoms with Crippen LogP contribution in [-0.4, -0.2) is 11.0 Å². The highest BCUT2D eigenvalue weighted by Crippen LogP contribution is 2.29. The van der Waals surface area contributed by atoms with Gasteiger partial charge in [0.05, 0.1) is 5.25 Å². The van der Waals surface area contributed by atoms with Crippen LogP contribution < -0.4 is 5.73 Å². The molecule has 2 rings (SSSR count). The fourth-order valence-corrected chi connectivity index (χ4v) is 2.65. The summed E-state index contributed by atoms with van der Waals surface area (Å²) < 4.78 is 0. The molecule has 0 saturated heterocycles. The summed E-state index contributed by atoms with van der Waals surface area (Å²) in [7, 11) is 0. The number of ketones is 1. The lowest BCUT2D eigenvalue weighted by Crippen LogP contribution is -2.13. The Labute approximate surface area is 111 Å². The number of hydrogen-bond donors (Lipinski definition) is 1. The number of para-hydroxylation sites is 1. The first-order chi connectivity index (χ1) is 8.68. The number of hydrogen-bond acceptors (Lipinski definition) is 3. The minimum atomic E-state index is -0.142. The van der Waals surface area contributed by atoms with Crippen LogP contribution in [0.15, 0.2) is 59.5 Å². The Hall–Kier alpha value is -1.74. The van der Waals surface area contributed by atoms with Crippen molar-refractivity contribution in [2.75, 3.05) is 5.73 Å². The normalized spacial score (nSPS) is 12.1. The van der Waals surface area contributed by atoms with Crippen molar-refractivity contribution >= 4 is 23.2 Å². The number of thioether (sulfide) groups is 1. The smallest absolute Gasteiger partial charge is 0.175 e. The van der Waals surface area contributed by atoms with Gasteiger partial charge in [-0.05, 0) is 19.1 Å². The van der Waals surface area contributed by atoms with Gasteiger partial charge in [0.25, 0.3) is 0 Å². The van der Waals surface area contributed by atoms with Crippen LogP contribution in [0.1, 0.15) is 17.3 Å². The third-order valence-corrected chi connectivity index (χ3v) is 3.84. The maximum atomic E-state index is 12.2. The topological polar surface area (TPSA) is 43.1 Å². The van der Waals surface area contributed by atoms with Crippen molar-refractivity contribution in [1.82, 2.24) is 0 Å². The lowest BCUT2D eigenvalue weighted by Gasteiger charge is -2.11. The number of nitrogens with two attached hydrogens (primary N) is 1. The lowest BCUT2D eigenvalue weighted by atomic mass is 10.1. The van der Waals surface area contributed by atoms with E-state index in [2.05, 4.69) is 0 Å². The van der Waals surface area contributed by atoms with Crippen molar-refractivity contribution in [3.8, 4) is 0 Å². The maximum absolute atomic E-state index is 12.2. The third-order valence-electron chi connectivity index (χ3n) is 2.65. The predicted octanol–water partition coefficient (Wildman–Crippen LogP) is 3.63. The van der Waals surface area contributed by atoms with E-state index in [4.69, 9.17) is 5.73 Å². The minimum Gasteiger partial charge on any atom is -0.398 e. The van der Waals surface area contributed by atoms with Crippen LogP contribution in [0.5, 0.6) is 0 Å². The summed E-state index contributed by atoms with van der Waals surface area (Å²) in [4.78, 5) is 13.2. The Morgan fingerprint density at radius 1 is 1.06 bits per heavy atom. The van der Waals surface area contributed by atoms with Gasteiger partial charge in [0.1, 0.15) is 0 Å². The van der Waals surface area contributed by atoms with E-state index in [9.17, 15) is 4.79 Å². The molecule has 18 heavy (non-hydrogen) atoms. The molecule has 0 amide bonds. The zero-order chi connectivity index (χ0) is 13.0. The number of nitrogen functional groups attached to an aromatic ring is 1. The van der Waals surface area contributed by atoms with Crippen LogP contribution in [-0.2, 0) is 0 Å². The molecule has 0 spiro atoms. The molecule has 0 heterocycles. The van der Waals surface area contributed by atoms with E-state index in [0.717, 1.165) is 16.1 Å². The molecule has 0 saturated carbocycles. The van der Waals surface area contributed by atoms with Gasteiger partial charge < -0.3 is 5.73 Å². The number of anilines is 1. The molecule has 1 unspecified atom stereocenters. The second-order valence-electron chi connectivity index (χ2n) is 4.03. The highest BCUT2D eigenvalue weighted by molar-refractivity contribution is 8.00. The molecule has 2 N–H and O–H groups in total. The molecule has 0 fully saturated rings. The van der Waals surface area contributed by atoms with Crippen molar-refractivity contribution in [1.29, 1.82) is 0 Å². The van der Waals surface area contributed by atoms with Crippen molar-refractivity contribution < 1.29 is 4.79 Å². The van der Waals surface area contributed by atoms with E-state index in [1.165, 1.54) is 11.8 Å². The maximum Gasteiger partial charge on any atom is 0.175 e. The van der Waals surface area contributed by atoms with Gasteiger partial charge in [0, 0.05) is 16.1 Å². The fraction of sp³-hybridized carbons (Fsp3) is 0.133. The molecule has 0 aliphatic rings. The van der Waals surface area contributed by atoms with Gasteiger partial charge in [0.2, 0.25) is 0 Å². The van der Waals surface area contributed by atoms with E-state index >= 15 is 0 Å². The fourth-order valence-electron chi connectivity index (χ4n) is 1.67. The first-order valence-corrected chi connectivity index (χ1v) is 6.67. The number of carbonyl (C=O) groups excluding carboxylic acids is 1. The summed E-state index contributed by atoms with van der Waals surface area (Å²) in [6.07, 6.45) is 0. The summed E-state index contributed by atoms with van der Waals surface area (Å²) in [6.45, 7) is 1.91. The summed E-state index contributed by atoms with van der Waals surface area (Å²) in [5, 5.41) is -0.142. The zero-order valence-electron chi connectivity index (χ0n) is 10.2. The van der Waals surface area contributed by atoms with Crippen molar-refractivity contribution in [3.05, 3.63) is 60.2 Å². The molecular weight excluding hydrogens is 242 g/mol. The van der Waals surface area contributed by atoms with Crippen molar-refractivity contribution in [2.45, 2.75) is 17.1 Å². The number of rotatable bonds is 4. The lowest BCUT2D eigenvalue weighted by molar-refractivity contribution is 0.0994. The molecule has 2 aromatic carbocycles. The molecule has 0 bridgehead atoms. The summed E-state index contributed by atoms with van der Waals surface area (Å²) >= 11 is 1.50. The quantitative estimate of drug-likeness (QED) is 0.516. The van der Waals surface area contributed by atoms with Gasteiger partial charge in [-0.2, -0.15) is 0 Å². The van der Waals surface area contributed by atoms with E-state index in [0.29, 0.717) is 0 Å². The average molecular weight is 257 g/mol. The second kappa shape index (κ2) is 5.74. The number of carbonyl (C=O) groups is 1. The van der Waals surface area contributed by atoms with Gasteiger partial charge >= 0.3 is 0 Å². The van der Waals surface area contributed by atoms with Crippen LogP contribution in [0.4, 0.5) is 5.69 Å². The molecule has 0 aliphatic heterocycles. The molecular formula is C15H15NOS. The van der Waals surface area contributed by atoms with E-state index in [1.807, 2.05) is 61.5 Å². The highest BCUT2D eigenvalue weighted by atomic mass is 32.2. The average Bonchev–Trinajstić information content (AvgIpc) is 2.41. The van der Waals surface area contributed by atoms with Gasteiger partial charge in [-0.1, -0.05) is 42.5 Å². The SMILES string of the molecule is CC(Sc1ccccc1N)C(=O)c1ccccc1. The van der Waals surface area contributed by atoms with Crippen LogP contribution in [0.25, 0.3) is 0 Å². The summed E-state index contributed by atoms with van der Waals surface area (Å²) in [5.74, 6) is 0.129. The minimum absolute atomic E-state index is 0.129. The van der Waals surface area contributed by atoms with Crippen LogP contribution in [0.2, 0.25) is 0 Å². The van der Waals surface area contributed by atoms with Crippen LogP contribution in [0, 0.1) is 0 Å². The van der Waals surface area contributed by atoms with Crippen molar-refractivity contribution in [3.63, 3.8) is 0 Å². The first kappa shape index (κ1) is 12.7. The molecule has 3 heteroatoms. The van der Waals surface area contributed by atoms with Gasteiger partial charge in [-0.25, -0.2) is 0 Å². The molecule has 2 aromatic rings. The van der Waals surface area contributed by atoms with E-state index in [-0.39, 0.29) is 11.0 Å². The molecule has 0 aliphatic carbocycles. The Balaban J connectivity index is 2.11. The standard InChI is InChI=1S/C15H15NOS/c1-11(15(17)12-7-3-2-4-8-12)18-14-10-6-5-9-13(14)16/h2-11H,16H2,1H3. The molecule has 0 aromatic heterocycles. The number of Topliss-reactive ketones (excluding diaryl/α,β-unsaturated/α-hetero) is 1. The van der Waals surface area contributed by atoms with E-state index in [1.54, 1.807) is 0 Å². The second-order valence-corrected chi connectivity index (χ2v) is 5.41. The van der Waals surface area contributed by atoms with Gasteiger partial charge in [-0.3, -0.25) is 4.79 Å². The molecule has 1 atom stereocenters. The van der Waals surface area contributed by atoms with Gasteiger partial charge in [0.15, 0.2) is 5.78 Å². The Morgan fingerprint density at radius 3 is 2.33 bits per heavy atom. The van der Waals surface area contributed by atoms with Crippen molar-refractivity contribution in [2.24, 2.45) is 0 Å². The van der Waals surface area contributed by atoms with E-state index < -0.39 is 0 Å². The summed E-state index contributed by atoms with van der Waals surface area (Å²) in [5.41, 5.74) is 7.34. The Morgan fingerprint density at radius 2 is 1.67 bits per heavy atom. The molecule has 2 nitrogen and oxygen atoms in total. The third kappa shape index (κ3) is 2.93. The Kier molecular flexibility index (Phi) is 4.05. The zero-order valence-corrected chi connectivity index (χ0v) is 11.0. The summed E-state index contributed by atoms with van der Waals surface area (Å²) in [6, 6.07) is 17.0. The number of benzene rings is 2.